The number of rotatable bonds is 4. The van der Waals surface area contributed by atoms with Gasteiger partial charge in [-0.2, -0.15) is 0 Å². The van der Waals surface area contributed by atoms with Crippen molar-refractivity contribution >= 4 is 0 Å². The highest BCUT2D eigenvalue weighted by atomic mass is 14.2. The molecular formula is C21H36. The SMILES string of the molecule is CC(C)CC1CCCCC1.Cc1ccccc1CC(C)C. The van der Waals surface area contributed by atoms with E-state index in [-0.39, 0.29) is 0 Å². The molecule has 0 heteroatoms. The highest BCUT2D eigenvalue weighted by Gasteiger charge is 2.13. The minimum Gasteiger partial charge on any atom is -0.0628 e. The maximum atomic E-state index is 2.34. The largest absolute Gasteiger partial charge is 0.0628 e. The van der Waals surface area contributed by atoms with Gasteiger partial charge in [0.2, 0.25) is 0 Å². The number of benzene rings is 1. The Morgan fingerprint density at radius 1 is 0.905 bits per heavy atom. The van der Waals surface area contributed by atoms with Crippen molar-refractivity contribution < 1.29 is 0 Å². The maximum Gasteiger partial charge on any atom is -0.0253 e. The van der Waals surface area contributed by atoms with E-state index in [4.69, 9.17) is 0 Å². The third-order valence-corrected chi connectivity index (χ3v) is 4.42. The number of hydrogen-bond acceptors (Lipinski definition) is 0. The van der Waals surface area contributed by atoms with Crippen LogP contribution in [0.15, 0.2) is 24.3 Å². The zero-order valence-electron chi connectivity index (χ0n) is 15.0. The van der Waals surface area contributed by atoms with Crippen molar-refractivity contribution in [2.75, 3.05) is 0 Å². The topological polar surface area (TPSA) is 0 Å². The summed E-state index contributed by atoms with van der Waals surface area (Å²) in [5.41, 5.74) is 2.91. The summed E-state index contributed by atoms with van der Waals surface area (Å²) in [6, 6.07) is 8.61. The zero-order valence-corrected chi connectivity index (χ0v) is 15.0. The summed E-state index contributed by atoms with van der Waals surface area (Å²) in [6.45, 7) is 11.4. The molecule has 0 bridgehead atoms. The molecule has 0 radical (unpaired) electrons. The van der Waals surface area contributed by atoms with E-state index in [1.807, 2.05) is 0 Å². The van der Waals surface area contributed by atoms with Crippen LogP contribution >= 0.6 is 0 Å². The van der Waals surface area contributed by atoms with E-state index < -0.39 is 0 Å². The smallest absolute Gasteiger partial charge is 0.0253 e. The lowest BCUT2D eigenvalue weighted by Crippen LogP contribution is -2.08. The van der Waals surface area contributed by atoms with E-state index in [1.165, 1.54) is 56.1 Å². The van der Waals surface area contributed by atoms with Gasteiger partial charge in [0, 0.05) is 0 Å². The van der Waals surface area contributed by atoms with Crippen molar-refractivity contribution in [3.8, 4) is 0 Å². The van der Waals surface area contributed by atoms with Crippen molar-refractivity contribution in [2.45, 2.75) is 79.6 Å². The Morgan fingerprint density at radius 3 is 2.05 bits per heavy atom. The fraction of sp³-hybridized carbons (Fsp3) is 0.714. The predicted octanol–water partition coefficient (Wildman–Crippen LogP) is 6.81. The van der Waals surface area contributed by atoms with Crippen LogP contribution < -0.4 is 0 Å². The van der Waals surface area contributed by atoms with Crippen molar-refractivity contribution in [3.63, 3.8) is 0 Å². The minimum absolute atomic E-state index is 0.760. The summed E-state index contributed by atoms with van der Waals surface area (Å²) in [5.74, 6) is 2.76. The highest BCUT2D eigenvalue weighted by molar-refractivity contribution is 5.25. The van der Waals surface area contributed by atoms with Crippen molar-refractivity contribution in [1.29, 1.82) is 0 Å². The van der Waals surface area contributed by atoms with Gasteiger partial charge in [-0.1, -0.05) is 84.1 Å². The number of hydrogen-bond donors (Lipinski definition) is 0. The fourth-order valence-corrected chi connectivity index (χ4v) is 3.37. The second-order valence-electron chi connectivity index (χ2n) is 7.66. The Balaban J connectivity index is 0.000000211. The molecule has 1 fully saturated rings. The van der Waals surface area contributed by atoms with Gasteiger partial charge in [0.15, 0.2) is 0 Å². The van der Waals surface area contributed by atoms with Crippen LogP contribution in [-0.2, 0) is 6.42 Å². The van der Waals surface area contributed by atoms with Gasteiger partial charge in [-0.05, 0) is 48.6 Å². The molecule has 1 saturated carbocycles. The van der Waals surface area contributed by atoms with Crippen LogP contribution in [0, 0.1) is 24.7 Å². The molecule has 0 spiro atoms. The van der Waals surface area contributed by atoms with E-state index in [0.29, 0.717) is 0 Å². The van der Waals surface area contributed by atoms with Gasteiger partial charge < -0.3 is 0 Å². The summed E-state index contributed by atoms with van der Waals surface area (Å²) < 4.78 is 0. The van der Waals surface area contributed by atoms with E-state index in [0.717, 1.165) is 17.8 Å². The molecule has 0 heterocycles. The summed E-state index contributed by atoms with van der Waals surface area (Å²) in [7, 11) is 0. The summed E-state index contributed by atoms with van der Waals surface area (Å²) >= 11 is 0. The Labute approximate surface area is 133 Å². The molecule has 0 aliphatic heterocycles. The molecule has 1 aromatic carbocycles. The van der Waals surface area contributed by atoms with E-state index in [1.54, 1.807) is 0 Å². The summed E-state index contributed by atoms with van der Waals surface area (Å²) in [5, 5.41) is 0. The third-order valence-electron chi connectivity index (χ3n) is 4.42. The van der Waals surface area contributed by atoms with E-state index >= 15 is 0 Å². The maximum absolute atomic E-state index is 2.34. The molecule has 1 aliphatic rings. The predicted molar refractivity (Wildman–Crippen MR) is 95.8 cm³/mol. The molecule has 1 aromatic rings. The lowest BCUT2D eigenvalue weighted by atomic mass is 9.84. The van der Waals surface area contributed by atoms with Gasteiger partial charge >= 0.3 is 0 Å². The molecule has 0 unspecified atom stereocenters. The second kappa shape index (κ2) is 10.0. The molecule has 0 atom stereocenters. The minimum atomic E-state index is 0.760. The normalized spacial score (nSPS) is 16.0. The molecule has 2 rings (SSSR count). The van der Waals surface area contributed by atoms with Gasteiger partial charge in [0.1, 0.15) is 0 Å². The quantitative estimate of drug-likeness (QED) is 0.571. The Kier molecular flexibility index (Phi) is 8.73. The molecule has 0 amide bonds. The van der Waals surface area contributed by atoms with Crippen LogP contribution in [0.25, 0.3) is 0 Å². The van der Waals surface area contributed by atoms with E-state index in [2.05, 4.69) is 58.9 Å². The van der Waals surface area contributed by atoms with Crippen LogP contribution in [0.1, 0.15) is 77.3 Å². The van der Waals surface area contributed by atoms with Gasteiger partial charge in [0.05, 0.1) is 0 Å². The second-order valence-corrected chi connectivity index (χ2v) is 7.66. The molecule has 0 N–H and O–H groups in total. The third kappa shape index (κ3) is 8.29. The standard InChI is InChI=1S/C11H16.C10H20/c1-9(2)8-11-7-5-4-6-10(11)3;1-9(2)8-10-6-4-3-5-7-10/h4-7,9H,8H2,1-3H3;9-10H,3-8H2,1-2H3. The van der Waals surface area contributed by atoms with Crippen molar-refractivity contribution in [2.24, 2.45) is 17.8 Å². The Morgan fingerprint density at radius 2 is 1.52 bits per heavy atom. The molecule has 1 aliphatic carbocycles. The summed E-state index contributed by atoms with van der Waals surface area (Å²) in [4.78, 5) is 0. The summed E-state index contributed by atoms with van der Waals surface area (Å²) in [6.07, 6.45) is 10.2. The van der Waals surface area contributed by atoms with Crippen LogP contribution in [0.5, 0.6) is 0 Å². The van der Waals surface area contributed by atoms with Crippen molar-refractivity contribution in [3.05, 3.63) is 35.4 Å². The van der Waals surface area contributed by atoms with Gasteiger partial charge in [-0.25, -0.2) is 0 Å². The average molecular weight is 289 g/mol. The van der Waals surface area contributed by atoms with E-state index in [9.17, 15) is 0 Å². The first-order valence-corrected chi connectivity index (χ1v) is 9.03. The van der Waals surface area contributed by atoms with Crippen LogP contribution in [0.4, 0.5) is 0 Å². The lowest BCUT2D eigenvalue weighted by Gasteiger charge is -2.22. The Hall–Kier alpha value is -0.780. The number of aryl methyl sites for hydroxylation is 1. The van der Waals surface area contributed by atoms with Crippen LogP contribution in [-0.4, -0.2) is 0 Å². The monoisotopic (exact) mass is 288 g/mol. The van der Waals surface area contributed by atoms with Gasteiger partial charge in [-0.15, -0.1) is 0 Å². The molecular weight excluding hydrogens is 252 g/mol. The first kappa shape index (κ1) is 18.3. The van der Waals surface area contributed by atoms with Gasteiger partial charge in [-0.3, -0.25) is 0 Å². The van der Waals surface area contributed by atoms with Crippen molar-refractivity contribution in [1.82, 2.24) is 0 Å². The first-order valence-electron chi connectivity index (χ1n) is 9.03. The highest BCUT2D eigenvalue weighted by Crippen LogP contribution is 2.28. The van der Waals surface area contributed by atoms with Crippen LogP contribution in [0.2, 0.25) is 0 Å². The average Bonchev–Trinajstić information content (AvgIpc) is 2.42. The molecule has 120 valence electrons. The fourth-order valence-electron chi connectivity index (χ4n) is 3.37. The molecule has 21 heavy (non-hydrogen) atoms. The van der Waals surface area contributed by atoms with Gasteiger partial charge in [0.25, 0.3) is 0 Å². The molecule has 0 nitrogen and oxygen atoms in total. The molecule has 0 saturated heterocycles. The zero-order chi connectivity index (χ0) is 15.7. The van der Waals surface area contributed by atoms with Crippen LogP contribution in [0.3, 0.4) is 0 Å². The first-order chi connectivity index (χ1) is 9.99. The Bertz CT molecular complexity index is 369. The lowest BCUT2D eigenvalue weighted by molar-refractivity contribution is 0.305. The molecule has 0 aromatic heterocycles.